The van der Waals surface area contributed by atoms with Crippen LogP contribution in [0.2, 0.25) is 0 Å². The average molecular weight is 305 g/mol. The Hall–Kier alpha value is -2.44. The number of aryl methyl sites for hydroxylation is 1. The molecule has 0 unspecified atom stereocenters. The summed E-state index contributed by atoms with van der Waals surface area (Å²) >= 11 is 0. The fraction of sp³-hybridized carbons (Fsp3) is 0.467. The van der Waals surface area contributed by atoms with Gasteiger partial charge < -0.3 is 10.2 Å². The van der Waals surface area contributed by atoms with Crippen molar-refractivity contribution < 1.29 is 14.5 Å². The standard InChI is InChI=1S/C15H19N3O4/c1-9(2)17-8-11(6-14(17)19)15(20)16-13-7-12(18(21)22)5-4-10(13)3/h4-5,7,9,11H,6,8H2,1-3H3,(H,16,20)/t11-/m0/s1. The van der Waals surface area contributed by atoms with Gasteiger partial charge in [0.1, 0.15) is 0 Å². The van der Waals surface area contributed by atoms with Crippen molar-refractivity contribution in [2.45, 2.75) is 33.2 Å². The highest BCUT2D eigenvalue weighted by Gasteiger charge is 2.35. The Labute approximate surface area is 128 Å². The molecule has 0 aromatic heterocycles. The Morgan fingerprint density at radius 2 is 2.14 bits per heavy atom. The molecular weight excluding hydrogens is 286 g/mol. The number of carbonyl (C=O) groups excluding carboxylic acids is 2. The van der Waals surface area contributed by atoms with E-state index >= 15 is 0 Å². The van der Waals surface area contributed by atoms with Gasteiger partial charge in [-0.25, -0.2) is 0 Å². The molecule has 1 heterocycles. The minimum Gasteiger partial charge on any atom is -0.339 e. The summed E-state index contributed by atoms with van der Waals surface area (Å²) in [6, 6.07) is 4.38. The van der Waals surface area contributed by atoms with Crippen molar-refractivity contribution in [2.75, 3.05) is 11.9 Å². The van der Waals surface area contributed by atoms with Crippen LogP contribution in [0.25, 0.3) is 0 Å². The van der Waals surface area contributed by atoms with Crippen molar-refractivity contribution in [3.63, 3.8) is 0 Å². The lowest BCUT2D eigenvalue weighted by atomic mass is 10.1. The van der Waals surface area contributed by atoms with Crippen LogP contribution >= 0.6 is 0 Å². The first-order valence-electron chi connectivity index (χ1n) is 7.15. The van der Waals surface area contributed by atoms with Crippen LogP contribution in [0.3, 0.4) is 0 Å². The molecule has 1 aromatic carbocycles. The topological polar surface area (TPSA) is 92.5 Å². The fourth-order valence-electron chi connectivity index (χ4n) is 2.50. The monoisotopic (exact) mass is 305 g/mol. The van der Waals surface area contributed by atoms with E-state index in [2.05, 4.69) is 5.32 Å². The van der Waals surface area contributed by atoms with Crippen molar-refractivity contribution >= 4 is 23.2 Å². The predicted octanol–water partition coefficient (Wildman–Crippen LogP) is 2.10. The van der Waals surface area contributed by atoms with Crippen LogP contribution in [0.5, 0.6) is 0 Å². The number of nitrogens with zero attached hydrogens (tertiary/aromatic N) is 2. The van der Waals surface area contributed by atoms with E-state index in [9.17, 15) is 19.7 Å². The summed E-state index contributed by atoms with van der Waals surface area (Å²) in [7, 11) is 0. The van der Waals surface area contributed by atoms with E-state index in [0.717, 1.165) is 5.56 Å². The summed E-state index contributed by atoms with van der Waals surface area (Å²) in [5.74, 6) is -0.737. The molecule has 118 valence electrons. The van der Waals surface area contributed by atoms with E-state index in [1.165, 1.54) is 12.1 Å². The van der Waals surface area contributed by atoms with Gasteiger partial charge in [-0.15, -0.1) is 0 Å². The van der Waals surface area contributed by atoms with E-state index in [0.29, 0.717) is 12.2 Å². The average Bonchev–Trinajstić information content (AvgIpc) is 2.83. The highest BCUT2D eigenvalue weighted by molar-refractivity contribution is 5.97. The second-order valence-corrected chi connectivity index (χ2v) is 5.79. The summed E-state index contributed by atoms with van der Waals surface area (Å²) in [5.41, 5.74) is 1.07. The van der Waals surface area contributed by atoms with Gasteiger partial charge in [-0.05, 0) is 26.3 Å². The molecule has 1 saturated heterocycles. The zero-order valence-electron chi connectivity index (χ0n) is 12.8. The maximum Gasteiger partial charge on any atom is 0.271 e. The van der Waals surface area contributed by atoms with Gasteiger partial charge >= 0.3 is 0 Å². The third-order valence-corrected chi connectivity index (χ3v) is 3.84. The largest absolute Gasteiger partial charge is 0.339 e. The molecular formula is C15H19N3O4. The summed E-state index contributed by atoms with van der Waals surface area (Å²) in [6.07, 6.45) is 0.179. The summed E-state index contributed by atoms with van der Waals surface area (Å²) < 4.78 is 0. The second kappa shape index (κ2) is 6.13. The number of amides is 2. The zero-order valence-corrected chi connectivity index (χ0v) is 12.8. The van der Waals surface area contributed by atoms with Crippen molar-refractivity contribution in [3.05, 3.63) is 33.9 Å². The number of rotatable bonds is 4. The molecule has 1 aliphatic rings. The van der Waals surface area contributed by atoms with Crippen LogP contribution in [-0.2, 0) is 9.59 Å². The van der Waals surface area contributed by atoms with Gasteiger partial charge in [0, 0.05) is 31.1 Å². The first kappa shape index (κ1) is 15.9. The second-order valence-electron chi connectivity index (χ2n) is 5.79. The number of nitro benzene ring substituents is 1. The van der Waals surface area contributed by atoms with Crippen LogP contribution < -0.4 is 5.32 Å². The number of benzene rings is 1. The van der Waals surface area contributed by atoms with Gasteiger partial charge in [0.05, 0.1) is 16.5 Å². The summed E-state index contributed by atoms with van der Waals surface area (Å²) in [6.45, 7) is 5.96. The molecule has 1 aliphatic heterocycles. The lowest BCUT2D eigenvalue weighted by Gasteiger charge is -2.20. The lowest BCUT2D eigenvalue weighted by Crippen LogP contribution is -2.33. The molecule has 1 atom stereocenters. The van der Waals surface area contributed by atoms with Crippen molar-refractivity contribution in [1.82, 2.24) is 4.90 Å². The predicted molar refractivity (Wildman–Crippen MR) is 81.4 cm³/mol. The minimum absolute atomic E-state index is 0.0362. The molecule has 7 nitrogen and oxygen atoms in total. The fourth-order valence-corrected chi connectivity index (χ4v) is 2.50. The van der Waals surface area contributed by atoms with Gasteiger partial charge in [0.15, 0.2) is 0 Å². The molecule has 2 rings (SSSR count). The highest BCUT2D eigenvalue weighted by Crippen LogP contribution is 2.25. The molecule has 0 saturated carbocycles. The van der Waals surface area contributed by atoms with Gasteiger partial charge in [-0.3, -0.25) is 19.7 Å². The zero-order chi connectivity index (χ0) is 16.4. The first-order valence-corrected chi connectivity index (χ1v) is 7.15. The lowest BCUT2D eigenvalue weighted by molar-refractivity contribution is -0.384. The smallest absolute Gasteiger partial charge is 0.271 e. The quantitative estimate of drug-likeness (QED) is 0.681. The van der Waals surface area contributed by atoms with Gasteiger partial charge in [-0.2, -0.15) is 0 Å². The summed E-state index contributed by atoms with van der Waals surface area (Å²) in [5, 5.41) is 13.5. The molecule has 0 spiro atoms. The number of carbonyl (C=O) groups is 2. The molecule has 22 heavy (non-hydrogen) atoms. The molecule has 0 radical (unpaired) electrons. The highest BCUT2D eigenvalue weighted by atomic mass is 16.6. The van der Waals surface area contributed by atoms with Crippen LogP contribution in [0, 0.1) is 23.0 Å². The van der Waals surface area contributed by atoms with Crippen molar-refractivity contribution in [2.24, 2.45) is 5.92 Å². The third kappa shape index (κ3) is 3.24. The van der Waals surface area contributed by atoms with Crippen molar-refractivity contribution in [3.8, 4) is 0 Å². The molecule has 0 bridgehead atoms. The van der Waals surface area contributed by atoms with Crippen LogP contribution in [-0.4, -0.2) is 34.2 Å². The van der Waals surface area contributed by atoms with E-state index < -0.39 is 10.8 Å². The van der Waals surface area contributed by atoms with Crippen molar-refractivity contribution in [1.29, 1.82) is 0 Å². The van der Waals surface area contributed by atoms with Crippen LogP contribution in [0.1, 0.15) is 25.8 Å². The number of hydrogen-bond donors (Lipinski definition) is 1. The Balaban J connectivity index is 2.11. The first-order chi connectivity index (χ1) is 10.3. The SMILES string of the molecule is Cc1ccc([N+](=O)[O-])cc1NC(=O)[C@H]1CC(=O)N(C(C)C)C1. The molecule has 2 amide bonds. The van der Waals surface area contributed by atoms with Gasteiger partial charge in [0.25, 0.3) is 5.69 Å². The van der Waals surface area contributed by atoms with E-state index in [4.69, 9.17) is 0 Å². The normalized spacial score (nSPS) is 17.9. The molecule has 1 fully saturated rings. The van der Waals surface area contributed by atoms with Gasteiger partial charge in [-0.1, -0.05) is 6.07 Å². The maximum atomic E-state index is 12.3. The van der Waals surface area contributed by atoms with Crippen LogP contribution in [0.4, 0.5) is 11.4 Å². The van der Waals surface area contributed by atoms with Crippen LogP contribution in [0.15, 0.2) is 18.2 Å². The number of anilines is 1. The molecule has 0 aliphatic carbocycles. The Morgan fingerprint density at radius 1 is 1.45 bits per heavy atom. The molecule has 7 heteroatoms. The Morgan fingerprint density at radius 3 is 2.68 bits per heavy atom. The van der Waals surface area contributed by atoms with Gasteiger partial charge in [0.2, 0.25) is 11.8 Å². The minimum atomic E-state index is -0.505. The number of nitro groups is 1. The van der Waals surface area contributed by atoms with E-state index in [-0.39, 0.29) is 30.0 Å². The Kier molecular flexibility index (Phi) is 4.44. The van der Waals surface area contributed by atoms with E-state index in [1.54, 1.807) is 17.9 Å². The molecule has 1 aromatic rings. The number of nitrogens with one attached hydrogen (secondary N) is 1. The molecule has 1 N–H and O–H groups in total. The number of likely N-dealkylation sites (tertiary alicyclic amines) is 1. The maximum absolute atomic E-state index is 12.3. The Bertz CT molecular complexity index is 627. The number of non-ortho nitro benzene ring substituents is 1. The van der Waals surface area contributed by atoms with E-state index in [1.807, 2.05) is 13.8 Å². The number of hydrogen-bond acceptors (Lipinski definition) is 4. The summed E-state index contributed by atoms with van der Waals surface area (Å²) in [4.78, 5) is 36.1. The third-order valence-electron chi connectivity index (χ3n) is 3.84.